The summed E-state index contributed by atoms with van der Waals surface area (Å²) in [5.41, 5.74) is 4.30. The summed E-state index contributed by atoms with van der Waals surface area (Å²) in [7, 11) is 0. The molecule has 2 heteroatoms. The van der Waals surface area contributed by atoms with Crippen LogP contribution in [0.15, 0.2) is 35.3 Å². The van der Waals surface area contributed by atoms with Crippen molar-refractivity contribution in [3.63, 3.8) is 0 Å². The quantitative estimate of drug-likeness (QED) is 0.645. The molecule has 26 heavy (non-hydrogen) atoms. The predicted octanol–water partition coefficient (Wildman–Crippen LogP) is 6.00. The van der Waals surface area contributed by atoms with E-state index in [0.717, 1.165) is 12.1 Å². The second-order valence-electron chi connectivity index (χ2n) is 8.53. The minimum Gasteiger partial charge on any atom is -0.364 e. The van der Waals surface area contributed by atoms with E-state index in [1.54, 1.807) is 0 Å². The molecule has 2 saturated carbocycles. The fourth-order valence-corrected chi connectivity index (χ4v) is 5.11. The van der Waals surface area contributed by atoms with Crippen molar-refractivity contribution in [2.45, 2.75) is 96.2 Å². The summed E-state index contributed by atoms with van der Waals surface area (Å²) in [6.45, 7) is 4.53. The lowest BCUT2D eigenvalue weighted by molar-refractivity contribution is 0.341. The first-order valence-corrected chi connectivity index (χ1v) is 10.9. The SMILES string of the molecule is Cc1c(N(C2CCCCC2)C2CCCCC2)c1=N[C@@H](C)c1ccccc1. The van der Waals surface area contributed by atoms with E-state index in [9.17, 15) is 0 Å². The normalized spacial score (nSPS) is 22.0. The molecule has 2 aromatic rings. The molecule has 2 aliphatic carbocycles. The Bertz CT molecular complexity index is 693. The summed E-state index contributed by atoms with van der Waals surface area (Å²) in [5.74, 6) is 0. The fourth-order valence-electron chi connectivity index (χ4n) is 5.11. The highest BCUT2D eigenvalue weighted by Crippen LogP contribution is 2.37. The molecule has 0 aromatic heterocycles. The van der Waals surface area contributed by atoms with Gasteiger partial charge in [0.25, 0.3) is 0 Å². The molecule has 1 atom stereocenters. The first kappa shape index (κ1) is 17.8. The molecule has 0 aliphatic heterocycles. The molecule has 4 rings (SSSR count). The van der Waals surface area contributed by atoms with E-state index in [2.05, 4.69) is 49.1 Å². The van der Waals surface area contributed by atoms with Gasteiger partial charge >= 0.3 is 0 Å². The first-order valence-electron chi connectivity index (χ1n) is 10.9. The Balaban J connectivity index is 1.60. The van der Waals surface area contributed by atoms with Gasteiger partial charge in [0.2, 0.25) is 0 Å². The van der Waals surface area contributed by atoms with E-state index in [1.165, 1.54) is 86.4 Å². The Morgan fingerprint density at radius 1 is 0.846 bits per heavy atom. The monoisotopic (exact) mass is 350 g/mol. The Kier molecular flexibility index (Phi) is 5.47. The van der Waals surface area contributed by atoms with E-state index in [1.807, 2.05) is 0 Å². The molecule has 0 radical (unpaired) electrons. The van der Waals surface area contributed by atoms with Gasteiger partial charge in [0, 0.05) is 17.6 Å². The third-order valence-corrected chi connectivity index (χ3v) is 6.67. The minimum atomic E-state index is 0.248. The molecule has 0 amide bonds. The topological polar surface area (TPSA) is 15.6 Å². The van der Waals surface area contributed by atoms with Gasteiger partial charge in [-0.15, -0.1) is 0 Å². The number of anilines is 1. The lowest BCUT2D eigenvalue weighted by atomic mass is 9.88. The second kappa shape index (κ2) is 7.98. The van der Waals surface area contributed by atoms with Crippen LogP contribution in [-0.4, -0.2) is 12.1 Å². The highest BCUT2D eigenvalue weighted by molar-refractivity contribution is 5.66. The lowest BCUT2D eigenvalue weighted by Crippen LogP contribution is -2.45. The molecule has 2 aromatic carbocycles. The van der Waals surface area contributed by atoms with Crippen LogP contribution in [0.1, 0.15) is 88.3 Å². The summed E-state index contributed by atoms with van der Waals surface area (Å²) < 4.78 is 0. The molecule has 2 fully saturated rings. The third-order valence-electron chi connectivity index (χ3n) is 6.67. The zero-order valence-electron chi connectivity index (χ0n) is 16.6. The molecular weight excluding hydrogens is 316 g/mol. The van der Waals surface area contributed by atoms with Gasteiger partial charge in [-0.2, -0.15) is 0 Å². The van der Waals surface area contributed by atoms with Crippen molar-refractivity contribution in [1.82, 2.24) is 0 Å². The minimum absolute atomic E-state index is 0.248. The van der Waals surface area contributed by atoms with Crippen molar-refractivity contribution < 1.29 is 0 Å². The van der Waals surface area contributed by atoms with Crippen molar-refractivity contribution in [2.24, 2.45) is 4.99 Å². The fraction of sp³-hybridized carbons (Fsp3) is 0.625. The molecular formula is C24H34N2. The summed E-state index contributed by atoms with van der Waals surface area (Å²) in [5, 5.41) is 1.32. The van der Waals surface area contributed by atoms with Gasteiger partial charge in [-0.25, -0.2) is 0 Å². The second-order valence-corrected chi connectivity index (χ2v) is 8.53. The maximum Gasteiger partial charge on any atom is 0.0869 e. The zero-order chi connectivity index (χ0) is 17.9. The van der Waals surface area contributed by atoms with E-state index < -0.39 is 0 Å². The highest BCUT2D eigenvalue weighted by Gasteiger charge is 2.34. The first-order chi connectivity index (χ1) is 12.8. The Morgan fingerprint density at radius 2 is 1.38 bits per heavy atom. The van der Waals surface area contributed by atoms with Gasteiger partial charge in [0.05, 0.1) is 17.1 Å². The number of benzene rings is 1. The predicted molar refractivity (Wildman–Crippen MR) is 110 cm³/mol. The van der Waals surface area contributed by atoms with E-state index in [-0.39, 0.29) is 6.04 Å². The largest absolute Gasteiger partial charge is 0.364 e. The average molecular weight is 351 g/mol. The van der Waals surface area contributed by atoms with Gasteiger partial charge in [0.15, 0.2) is 0 Å². The van der Waals surface area contributed by atoms with E-state index >= 15 is 0 Å². The zero-order valence-corrected chi connectivity index (χ0v) is 16.6. The number of hydrogen-bond acceptors (Lipinski definition) is 2. The molecule has 0 bridgehead atoms. The van der Waals surface area contributed by atoms with E-state index in [4.69, 9.17) is 4.99 Å². The van der Waals surface area contributed by atoms with Crippen molar-refractivity contribution in [2.75, 3.05) is 4.90 Å². The number of nitrogens with zero attached hydrogens (tertiary/aromatic N) is 2. The number of hydrogen-bond donors (Lipinski definition) is 0. The van der Waals surface area contributed by atoms with Gasteiger partial charge < -0.3 is 4.90 Å². The highest BCUT2D eigenvalue weighted by atomic mass is 15.2. The standard InChI is InChI=1S/C24H34N2/c1-18-23(25-19(2)20-12-6-3-7-13-20)24(18)26(21-14-8-4-9-15-21)22-16-10-5-11-17-22/h3,6-7,12-13,19,21-22H,4-5,8-11,14-17H2,1-2H3/t19-/m0/s1. The van der Waals surface area contributed by atoms with Crippen LogP contribution in [0.5, 0.6) is 0 Å². The maximum atomic E-state index is 5.13. The smallest absolute Gasteiger partial charge is 0.0869 e. The van der Waals surface area contributed by atoms with Crippen molar-refractivity contribution in [3.8, 4) is 0 Å². The Labute approximate surface area is 159 Å². The number of rotatable bonds is 5. The summed E-state index contributed by atoms with van der Waals surface area (Å²) in [4.78, 5) is 7.98. The van der Waals surface area contributed by atoms with Crippen molar-refractivity contribution in [1.29, 1.82) is 0 Å². The van der Waals surface area contributed by atoms with Crippen LogP contribution in [-0.2, 0) is 0 Å². The van der Waals surface area contributed by atoms with Crippen molar-refractivity contribution in [3.05, 3.63) is 46.8 Å². The Morgan fingerprint density at radius 3 is 1.92 bits per heavy atom. The molecule has 2 aliphatic rings. The maximum absolute atomic E-state index is 5.13. The molecule has 0 spiro atoms. The van der Waals surface area contributed by atoms with Crippen LogP contribution in [0.4, 0.5) is 5.69 Å². The molecule has 140 valence electrons. The Hall–Kier alpha value is -1.57. The van der Waals surface area contributed by atoms with Crippen LogP contribution in [0.3, 0.4) is 0 Å². The average Bonchev–Trinajstić information content (AvgIpc) is 3.32. The molecule has 0 saturated heterocycles. The molecule has 0 unspecified atom stereocenters. The summed E-state index contributed by atoms with van der Waals surface area (Å²) >= 11 is 0. The van der Waals surface area contributed by atoms with Gasteiger partial charge in [-0.1, -0.05) is 68.9 Å². The van der Waals surface area contributed by atoms with Gasteiger partial charge in [0.1, 0.15) is 0 Å². The van der Waals surface area contributed by atoms with Gasteiger partial charge in [-0.3, -0.25) is 4.99 Å². The van der Waals surface area contributed by atoms with Crippen LogP contribution in [0.25, 0.3) is 0 Å². The summed E-state index contributed by atoms with van der Waals surface area (Å²) in [6, 6.07) is 12.5. The molecule has 0 heterocycles. The summed E-state index contributed by atoms with van der Waals surface area (Å²) in [6.07, 6.45) is 14.0. The van der Waals surface area contributed by atoms with Crippen LogP contribution in [0.2, 0.25) is 0 Å². The van der Waals surface area contributed by atoms with Crippen LogP contribution in [0, 0.1) is 6.92 Å². The van der Waals surface area contributed by atoms with Crippen LogP contribution < -0.4 is 10.3 Å². The van der Waals surface area contributed by atoms with Crippen molar-refractivity contribution >= 4 is 5.69 Å². The van der Waals surface area contributed by atoms with E-state index in [0.29, 0.717) is 0 Å². The van der Waals surface area contributed by atoms with Crippen LogP contribution >= 0.6 is 0 Å². The van der Waals surface area contributed by atoms with Gasteiger partial charge in [-0.05, 0) is 45.1 Å². The lowest BCUT2D eigenvalue weighted by Gasteiger charge is -2.41. The third kappa shape index (κ3) is 3.75. The molecule has 0 N–H and O–H groups in total. The molecule has 2 nitrogen and oxygen atoms in total.